The Balaban J connectivity index is 1.36. The molecule has 1 aliphatic heterocycles. The fourth-order valence-electron chi connectivity index (χ4n) is 6.09. The summed E-state index contributed by atoms with van der Waals surface area (Å²) in [5, 5.41) is -0.0576. The largest absolute Gasteiger partial charge is 0.450 e. The summed E-state index contributed by atoms with van der Waals surface area (Å²) in [7, 11) is -0.714. The topological polar surface area (TPSA) is 98.6 Å². The minimum absolute atomic E-state index is 0.0576. The van der Waals surface area contributed by atoms with Crippen molar-refractivity contribution in [2.24, 2.45) is 18.9 Å². The van der Waals surface area contributed by atoms with Crippen molar-refractivity contribution in [1.82, 2.24) is 9.55 Å². The zero-order chi connectivity index (χ0) is 29.5. The van der Waals surface area contributed by atoms with Crippen molar-refractivity contribution in [3.63, 3.8) is 0 Å². The highest BCUT2D eigenvalue weighted by Crippen LogP contribution is 2.51. The zero-order valence-corrected chi connectivity index (χ0v) is 24.4. The number of Topliss-reactive ketones (excluding diaryl/α,β-unsaturated/α-hetero) is 1. The molecule has 2 heterocycles. The van der Waals surface area contributed by atoms with E-state index in [1.54, 1.807) is 29.8 Å². The van der Waals surface area contributed by atoms with Gasteiger partial charge < -0.3 is 9.30 Å². The third-order valence-electron chi connectivity index (χ3n) is 8.36. The Kier molecular flexibility index (Phi) is 7.22. The van der Waals surface area contributed by atoms with Gasteiger partial charge in [-0.3, -0.25) is 13.9 Å². The Morgan fingerprint density at radius 3 is 2.12 bits per heavy atom. The summed E-state index contributed by atoms with van der Waals surface area (Å²) >= 11 is 0. The SMILES string of the molecule is CN(c1cccc(C(C2CC2)C2C(=O)OC(Cc3ccccc3)(Cc3ccccc3)C2=O)c1)S(=O)(=O)c1cn(C)cn1. The number of ether oxygens (including phenoxy) is 1. The number of cyclic esters (lactones) is 1. The molecule has 42 heavy (non-hydrogen) atoms. The van der Waals surface area contributed by atoms with Gasteiger partial charge in [0, 0.05) is 39.1 Å². The number of sulfonamides is 1. The summed E-state index contributed by atoms with van der Waals surface area (Å²) in [6.07, 6.45) is 5.24. The van der Waals surface area contributed by atoms with Crippen LogP contribution in [-0.2, 0) is 44.2 Å². The number of esters is 1. The molecule has 2 atom stereocenters. The number of anilines is 1. The van der Waals surface area contributed by atoms with Crippen LogP contribution in [0.15, 0.2) is 102 Å². The maximum absolute atomic E-state index is 14.5. The number of carbonyl (C=O) groups excluding carboxylic acids is 2. The van der Waals surface area contributed by atoms with E-state index in [4.69, 9.17) is 4.74 Å². The predicted octanol–water partition coefficient (Wildman–Crippen LogP) is 4.71. The summed E-state index contributed by atoms with van der Waals surface area (Å²) < 4.78 is 35.5. The zero-order valence-electron chi connectivity index (χ0n) is 23.6. The lowest BCUT2D eigenvalue weighted by atomic mass is 9.74. The minimum Gasteiger partial charge on any atom is -0.450 e. The summed E-state index contributed by atoms with van der Waals surface area (Å²) in [6.45, 7) is 0. The van der Waals surface area contributed by atoms with Crippen molar-refractivity contribution >= 4 is 27.5 Å². The normalized spacial score (nSPS) is 19.0. The van der Waals surface area contributed by atoms with Gasteiger partial charge in [0.15, 0.2) is 16.4 Å². The molecule has 2 fully saturated rings. The molecule has 6 rings (SSSR count). The molecule has 0 bridgehead atoms. The second-order valence-corrected chi connectivity index (χ2v) is 13.3. The molecule has 0 spiro atoms. The predicted molar refractivity (Wildman–Crippen MR) is 158 cm³/mol. The molecule has 8 nitrogen and oxygen atoms in total. The highest BCUT2D eigenvalue weighted by Gasteiger charge is 2.59. The number of carbonyl (C=O) groups is 2. The second-order valence-electron chi connectivity index (χ2n) is 11.4. The Morgan fingerprint density at radius 2 is 1.57 bits per heavy atom. The molecule has 9 heteroatoms. The van der Waals surface area contributed by atoms with Gasteiger partial charge in [0.1, 0.15) is 5.92 Å². The Bertz CT molecular complexity index is 1670. The van der Waals surface area contributed by atoms with E-state index in [2.05, 4.69) is 4.98 Å². The van der Waals surface area contributed by atoms with E-state index >= 15 is 0 Å². The molecule has 0 amide bonds. The fraction of sp³-hybridized carbons (Fsp3) is 0.303. The van der Waals surface area contributed by atoms with Gasteiger partial charge in [-0.05, 0) is 47.6 Å². The quantitative estimate of drug-likeness (QED) is 0.198. The first-order chi connectivity index (χ1) is 20.2. The number of hydrogen-bond acceptors (Lipinski definition) is 6. The number of rotatable bonds is 10. The molecular weight excluding hydrogens is 550 g/mol. The Morgan fingerprint density at radius 1 is 0.952 bits per heavy atom. The van der Waals surface area contributed by atoms with E-state index < -0.39 is 33.4 Å². The van der Waals surface area contributed by atoms with Crippen LogP contribution in [-0.4, -0.2) is 42.4 Å². The van der Waals surface area contributed by atoms with Crippen molar-refractivity contribution in [2.75, 3.05) is 11.4 Å². The molecular formula is C33H33N3O5S. The van der Waals surface area contributed by atoms with Gasteiger partial charge in [0.05, 0.1) is 12.0 Å². The summed E-state index contributed by atoms with van der Waals surface area (Å²) in [6, 6.07) is 26.4. The molecule has 4 aromatic rings. The van der Waals surface area contributed by atoms with Crippen LogP contribution in [0.4, 0.5) is 5.69 Å². The third-order valence-corrected chi connectivity index (χ3v) is 10.0. The van der Waals surface area contributed by atoms with Crippen LogP contribution in [0, 0.1) is 11.8 Å². The first-order valence-corrected chi connectivity index (χ1v) is 15.5. The second kappa shape index (κ2) is 10.9. The maximum atomic E-state index is 14.5. The first-order valence-electron chi connectivity index (χ1n) is 14.1. The monoisotopic (exact) mass is 583 g/mol. The van der Waals surface area contributed by atoms with Crippen molar-refractivity contribution < 1.29 is 22.7 Å². The average Bonchev–Trinajstić information content (AvgIpc) is 3.68. The van der Waals surface area contributed by atoms with E-state index in [1.165, 1.54) is 23.9 Å². The number of ketones is 1. The van der Waals surface area contributed by atoms with Crippen LogP contribution in [0.5, 0.6) is 0 Å². The minimum atomic E-state index is -3.90. The van der Waals surface area contributed by atoms with Gasteiger partial charge in [-0.1, -0.05) is 72.8 Å². The van der Waals surface area contributed by atoms with Crippen molar-refractivity contribution in [3.8, 4) is 0 Å². The summed E-state index contributed by atoms with van der Waals surface area (Å²) in [4.78, 5) is 32.3. The van der Waals surface area contributed by atoms with E-state index in [-0.39, 0.29) is 29.6 Å². The lowest BCUT2D eigenvalue weighted by Crippen LogP contribution is -2.43. The van der Waals surface area contributed by atoms with E-state index in [1.807, 2.05) is 66.7 Å². The van der Waals surface area contributed by atoms with Crippen LogP contribution in [0.2, 0.25) is 0 Å². The van der Waals surface area contributed by atoms with Crippen LogP contribution in [0.1, 0.15) is 35.4 Å². The Labute approximate surface area is 246 Å². The molecule has 1 saturated heterocycles. The number of aryl methyl sites for hydroxylation is 1. The van der Waals surface area contributed by atoms with E-state index in [9.17, 15) is 18.0 Å². The fourth-order valence-corrected chi connectivity index (χ4v) is 7.24. The van der Waals surface area contributed by atoms with E-state index in [0.29, 0.717) is 5.69 Å². The summed E-state index contributed by atoms with van der Waals surface area (Å²) in [5.41, 5.74) is 1.70. The molecule has 0 N–H and O–H groups in total. The molecule has 3 aromatic carbocycles. The average molecular weight is 584 g/mol. The van der Waals surface area contributed by atoms with Crippen molar-refractivity contribution in [1.29, 1.82) is 0 Å². The Hall–Kier alpha value is -4.24. The molecule has 2 aliphatic rings. The van der Waals surface area contributed by atoms with Crippen LogP contribution in [0.3, 0.4) is 0 Å². The van der Waals surface area contributed by atoms with Crippen LogP contribution < -0.4 is 4.31 Å². The number of nitrogens with zero attached hydrogens (tertiary/aromatic N) is 3. The van der Waals surface area contributed by atoms with Crippen LogP contribution in [0.25, 0.3) is 0 Å². The lowest BCUT2D eigenvalue weighted by molar-refractivity contribution is -0.152. The molecule has 1 saturated carbocycles. The van der Waals surface area contributed by atoms with Gasteiger partial charge in [-0.25, -0.2) is 4.98 Å². The highest BCUT2D eigenvalue weighted by atomic mass is 32.2. The third kappa shape index (κ3) is 5.25. The lowest BCUT2D eigenvalue weighted by Gasteiger charge is -2.28. The van der Waals surface area contributed by atoms with Gasteiger partial charge in [-0.15, -0.1) is 0 Å². The molecule has 0 radical (unpaired) electrons. The number of benzene rings is 3. The van der Waals surface area contributed by atoms with Crippen molar-refractivity contribution in [2.45, 2.75) is 42.2 Å². The molecule has 1 aliphatic carbocycles. The number of hydrogen-bond donors (Lipinski definition) is 0. The molecule has 2 unspecified atom stereocenters. The highest BCUT2D eigenvalue weighted by molar-refractivity contribution is 7.92. The van der Waals surface area contributed by atoms with Gasteiger partial charge in [0.25, 0.3) is 10.0 Å². The maximum Gasteiger partial charge on any atom is 0.318 e. The number of imidazole rings is 1. The first kappa shape index (κ1) is 27.9. The molecule has 216 valence electrons. The smallest absolute Gasteiger partial charge is 0.318 e. The summed E-state index contributed by atoms with van der Waals surface area (Å²) in [5.74, 6) is -1.98. The molecule has 1 aromatic heterocycles. The van der Waals surface area contributed by atoms with Crippen molar-refractivity contribution in [3.05, 3.63) is 114 Å². The van der Waals surface area contributed by atoms with Crippen LogP contribution >= 0.6 is 0 Å². The van der Waals surface area contributed by atoms with Gasteiger partial charge >= 0.3 is 5.97 Å². The number of aromatic nitrogens is 2. The standard InChI is InChI=1S/C33H33N3O5S/c1-35-21-28(34-22-35)42(39,40)36(2)27-15-9-14-26(18-27)29(25-16-17-25)30-31(37)33(41-32(30)38,19-23-10-5-3-6-11-23)20-24-12-7-4-8-13-24/h3-15,18,21-22,25,29-30H,16-17,19-20H2,1-2H3. The van der Waals surface area contributed by atoms with E-state index in [0.717, 1.165) is 29.5 Å². The van der Waals surface area contributed by atoms with Gasteiger partial charge in [0.2, 0.25) is 0 Å². The van der Waals surface area contributed by atoms with Gasteiger partial charge in [-0.2, -0.15) is 8.42 Å².